The standard InChI is InChI=1S/C4H8NO2/c1-5(2)4(6)7-3/h1H2,2-3H3. The van der Waals surface area contributed by atoms with Gasteiger partial charge in [0.2, 0.25) is 0 Å². The van der Waals surface area contributed by atoms with Gasteiger partial charge in [0.25, 0.3) is 0 Å². The lowest BCUT2D eigenvalue weighted by Gasteiger charge is -2.05. The van der Waals surface area contributed by atoms with Gasteiger partial charge in [0.05, 0.1) is 7.11 Å². The average molecular weight is 102 g/mol. The van der Waals surface area contributed by atoms with Crippen LogP contribution in [0.2, 0.25) is 0 Å². The Labute approximate surface area is 42.9 Å². The molecule has 41 valence electrons. The van der Waals surface area contributed by atoms with Gasteiger partial charge in [0, 0.05) is 14.1 Å². The average Bonchev–Trinajstić information content (AvgIpc) is 1.65. The van der Waals surface area contributed by atoms with Gasteiger partial charge >= 0.3 is 6.09 Å². The minimum Gasteiger partial charge on any atom is -0.453 e. The van der Waals surface area contributed by atoms with E-state index in [4.69, 9.17) is 0 Å². The molecule has 1 amide bonds. The van der Waals surface area contributed by atoms with E-state index in [1.165, 1.54) is 14.2 Å². The molecule has 0 aliphatic rings. The van der Waals surface area contributed by atoms with Crippen LogP contribution in [0.3, 0.4) is 0 Å². The summed E-state index contributed by atoms with van der Waals surface area (Å²) in [6.45, 7) is 0. The first-order valence-corrected chi connectivity index (χ1v) is 1.80. The first-order chi connectivity index (χ1) is 3.18. The van der Waals surface area contributed by atoms with Crippen LogP contribution in [0.15, 0.2) is 0 Å². The van der Waals surface area contributed by atoms with Crippen molar-refractivity contribution < 1.29 is 9.53 Å². The fraction of sp³-hybridized carbons (Fsp3) is 0.500. The Kier molecular flexibility index (Phi) is 2.19. The zero-order valence-corrected chi connectivity index (χ0v) is 4.47. The van der Waals surface area contributed by atoms with Crippen LogP contribution in [0.1, 0.15) is 0 Å². The zero-order chi connectivity index (χ0) is 5.86. The predicted octanol–water partition coefficient (Wildman–Crippen LogP) is 0.476. The summed E-state index contributed by atoms with van der Waals surface area (Å²) < 4.78 is 4.24. The van der Waals surface area contributed by atoms with Gasteiger partial charge in [-0.25, -0.2) is 4.79 Å². The third kappa shape index (κ3) is 2.03. The van der Waals surface area contributed by atoms with E-state index in [0.717, 1.165) is 4.90 Å². The Morgan fingerprint density at radius 2 is 2.29 bits per heavy atom. The topological polar surface area (TPSA) is 29.5 Å². The highest BCUT2D eigenvalue weighted by atomic mass is 16.5. The lowest BCUT2D eigenvalue weighted by molar-refractivity contribution is 0.146. The van der Waals surface area contributed by atoms with Gasteiger partial charge in [-0.2, -0.15) is 0 Å². The maximum atomic E-state index is 10.2. The van der Waals surface area contributed by atoms with E-state index in [0.29, 0.717) is 0 Å². The first-order valence-electron chi connectivity index (χ1n) is 1.80. The van der Waals surface area contributed by atoms with E-state index in [1.807, 2.05) is 0 Å². The van der Waals surface area contributed by atoms with Crippen LogP contribution in [0, 0.1) is 7.05 Å². The molecule has 0 N–H and O–H groups in total. The van der Waals surface area contributed by atoms with E-state index in [1.54, 1.807) is 0 Å². The smallest absolute Gasteiger partial charge is 0.409 e. The van der Waals surface area contributed by atoms with Crippen molar-refractivity contribution >= 4 is 6.09 Å². The first kappa shape index (κ1) is 6.27. The molecule has 0 aromatic heterocycles. The van der Waals surface area contributed by atoms with Crippen molar-refractivity contribution in [2.75, 3.05) is 14.2 Å². The minimum absolute atomic E-state index is 0.431. The number of hydrogen-bond acceptors (Lipinski definition) is 2. The minimum atomic E-state index is -0.431. The molecule has 0 heterocycles. The van der Waals surface area contributed by atoms with Crippen molar-refractivity contribution in [2.24, 2.45) is 0 Å². The summed E-state index contributed by atoms with van der Waals surface area (Å²) in [5, 5.41) is 0. The van der Waals surface area contributed by atoms with Crippen LogP contribution in [0.4, 0.5) is 4.79 Å². The summed E-state index contributed by atoms with van der Waals surface area (Å²) in [6, 6.07) is 0. The van der Waals surface area contributed by atoms with E-state index in [9.17, 15) is 4.79 Å². The van der Waals surface area contributed by atoms with Crippen molar-refractivity contribution in [1.82, 2.24) is 4.90 Å². The second-order valence-electron chi connectivity index (χ2n) is 1.17. The second kappa shape index (κ2) is 2.44. The Bertz CT molecular complexity index is 70.1. The molecule has 7 heavy (non-hydrogen) atoms. The fourth-order valence-corrected chi connectivity index (χ4v) is 0.156. The highest BCUT2D eigenvalue weighted by Gasteiger charge is 1.97. The normalized spacial score (nSPS) is 7.86. The SMILES string of the molecule is [CH2]N(C)C(=O)OC. The van der Waals surface area contributed by atoms with Crippen molar-refractivity contribution in [2.45, 2.75) is 0 Å². The van der Waals surface area contributed by atoms with Gasteiger partial charge in [-0.3, -0.25) is 0 Å². The quantitative estimate of drug-likeness (QED) is 0.445. The van der Waals surface area contributed by atoms with Crippen molar-refractivity contribution in [3.63, 3.8) is 0 Å². The van der Waals surface area contributed by atoms with E-state index in [2.05, 4.69) is 11.8 Å². The van der Waals surface area contributed by atoms with Crippen molar-refractivity contribution in [1.29, 1.82) is 0 Å². The number of hydrogen-bond donors (Lipinski definition) is 0. The summed E-state index contributed by atoms with van der Waals surface area (Å²) in [5.74, 6) is 0. The fourth-order valence-electron chi connectivity index (χ4n) is 0.156. The van der Waals surface area contributed by atoms with Crippen molar-refractivity contribution in [3.05, 3.63) is 7.05 Å². The molecule has 0 saturated carbocycles. The van der Waals surface area contributed by atoms with Gasteiger partial charge in [0.1, 0.15) is 0 Å². The van der Waals surface area contributed by atoms with Gasteiger partial charge in [-0.05, 0) is 0 Å². The maximum absolute atomic E-state index is 10.2. The molecular formula is C4H8NO2. The number of carbonyl (C=O) groups excluding carboxylic acids is 1. The summed E-state index contributed by atoms with van der Waals surface area (Å²) in [4.78, 5) is 11.3. The molecule has 3 heteroatoms. The monoisotopic (exact) mass is 102 g/mol. The van der Waals surface area contributed by atoms with Crippen LogP contribution in [0.5, 0.6) is 0 Å². The second-order valence-corrected chi connectivity index (χ2v) is 1.17. The molecule has 0 spiro atoms. The lowest BCUT2D eigenvalue weighted by atomic mass is 10.9. The van der Waals surface area contributed by atoms with Gasteiger partial charge < -0.3 is 9.64 Å². The number of methoxy groups -OCH3 is 1. The molecule has 0 aromatic carbocycles. The number of ether oxygens (including phenoxy) is 1. The number of nitrogens with zero attached hydrogens (tertiary/aromatic N) is 1. The molecule has 0 atom stereocenters. The number of rotatable bonds is 0. The largest absolute Gasteiger partial charge is 0.453 e. The molecule has 0 aromatic rings. The summed E-state index contributed by atoms with van der Waals surface area (Å²) in [7, 11) is 6.10. The maximum Gasteiger partial charge on any atom is 0.409 e. The highest BCUT2D eigenvalue weighted by molar-refractivity contribution is 5.66. The molecule has 0 aliphatic carbocycles. The molecular weight excluding hydrogens is 94.0 g/mol. The molecule has 0 fully saturated rings. The highest BCUT2D eigenvalue weighted by Crippen LogP contribution is 1.80. The zero-order valence-electron chi connectivity index (χ0n) is 4.47. The molecule has 0 bridgehead atoms. The van der Waals surface area contributed by atoms with E-state index >= 15 is 0 Å². The van der Waals surface area contributed by atoms with Gasteiger partial charge in [-0.15, -0.1) is 0 Å². The molecule has 3 nitrogen and oxygen atoms in total. The van der Waals surface area contributed by atoms with E-state index in [-0.39, 0.29) is 0 Å². The van der Waals surface area contributed by atoms with Crippen molar-refractivity contribution in [3.8, 4) is 0 Å². The van der Waals surface area contributed by atoms with Crippen LogP contribution >= 0.6 is 0 Å². The Hall–Kier alpha value is -0.730. The third-order valence-corrected chi connectivity index (χ3v) is 0.486. The summed E-state index contributed by atoms with van der Waals surface area (Å²) in [5.41, 5.74) is 0. The van der Waals surface area contributed by atoms with Gasteiger partial charge in [-0.1, -0.05) is 0 Å². The van der Waals surface area contributed by atoms with Crippen LogP contribution < -0.4 is 0 Å². The molecule has 0 aliphatic heterocycles. The van der Waals surface area contributed by atoms with Crippen LogP contribution in [0.25, 0.3) is 0 Å². The molecule has 0 unspecified atom stereocenters. The molecule has 1 radical (unpaired) electrons. The molecule has 0 rings (SSSR count). The summed E-state index contributed by atoms with van der Waals surface area (Å²) >= 11 is 0. The van der Waals surface area contributed by atoms with E-state index < -0.39 is 6.09 Å². The Morgan fingerprint density at radius 1 is 1.86 bits per heavy atom. The van der Waals surface area contributed by atoms with Gasteiger partial charge in [0.15, 0.2) is 0 Å². The van der Waals surface area contributed by atoms with Crippen LogP contribution in [-0.4, -0.2) is 25.2 Å². The summed E-state index contributed by atoms with van der Waals surface area (Å²) in [6.07, 6.45) is -0.431. The lowest BCUT2D eigenvalue weighted by Crippen LogP contribution is -2.18. The molecule has 0 saturated heterocycles. The number of carbonyl (C=O) groups is 1. The Morgan fingerprint density at radius 3 is 2.29 bits per heavy atom. The Balaban J connectivity index is 3.35. The predicted molar refractivity (Wildman–Crippen MR) is 25.5 cm³/mol. The van der Waals surface area contributed by atoms with Crippen LogP contribution in [-0.2, 0) is 4.74 Å². The number of amides is 1. The third-order valence-electron chi connectivity index (χ3n) is 0.486.